The van der Waals surface area contributed by atoms with E-state index in [0.717, 1.165) is 18.7 Å². The number of nitrogens with one attached hydrogen (secondary N) is 1. The van der Waals surface area contributed by atoms with Gasteiger partial charge in [-0.2, -0.15) is 5.26 Å². The van der Waals surface area contributed by atoms with Crippen LogP contribution < -0.4 is 5.32 Å². The molecular weight excluding hydrogens is 234 g/mol. The predicted molar refractivity (Wildman–Crippen MR) is 70.3 cm³/mol. The van der Waals surface area contributed by atoms with E-state index in [1.54, 1.807) is 12.1 Å². The number of nitriles is 1. The lowest BCUT2D eigenvalue weighted by molar-refractivity contribution is 0.330. The van der Waals surface area contributed by atoms with Crippen LogP contribution in [0.4, 0.5) is 5.69 Å². The molecule has 4 heteroatoms. The van der Waals surface area contributed by atoms with Gasteiger partial charge in [0.05, 0.1) is 22.3 Å². The highest BCUT2D eigenvalue weighted by Crippen LogP contribution is 2.26. The third kappa shape index (κ3) is 2.71. The Kier molecular flexibility index (Phi) is 3.56. The monoisotopic (exact) mass is 249 g/mol. The van der Waals surface area contributed by atoms with Gasteiger partial charge in [-0.15, -0.1) is 0 Å². The number of hydrogen-bond acceptors (Lipinski definition) is 3. The highest BCUT2D eigenvalue weighted by molar-refractivity contribution is 6.33. The molecule has 17 heavy (non-hydrogen) atoms. The molecule has 1 fully saturated rings. The fourth-order valence-electron chi connectivity index (χ4n) is 2.22. The molecule has 2 rings (SSSR count). The van der Waals surface area contributed by atoms with Crippen molar-refractivity contribution in [2.24, 2.45) is 0 Å². The van der Waals surface area contributed by atoms with Crippen molar-refractivity contribution in [2.45, 2.75) is 25.4 Å². The number of likely N-dealkylation sites (tertiary alicyclic amines) is 1. The lowest BCUT2D eigenvalue weighted by atomic mass is 10.1. The van der Waals surface area contributed by atoms with Gasteiger partial charge in [0.25, 0.3) is 0 Å². The number of rotatable bonds is 2. The Morgan fingerprint density at radius 3 is 2.88 bits per heavy atom. The topological polar surface area (TPSA) is 39.1 Å². The largest absolute Gasteiger partial charge is 0.380 e. The summed E-state index contributed by atoms with van der Waals surface area (Å²) in [5, 5.41) is 13.0. The molecule has 0 aliphatic carbocycles. The van der Waals surface area contributed by atoms with E-state index in [2.05, 4.69) is 30.3 Å². The van der Waals surface area contributed by atoms with Gasteiger partial charge in [0, 0.05) is 18.6 Å². The van der Waals surface area contributed by atoms with E-state index < -0.39 is 0 Å². The molecule has 1 aliphatic rings. The second-order valence-corrected chi connectivity index (χ2v) is 5.08. The summed E-state index contributed by atoms with van der Waals surface area (Å²) in [7, 11) is 2.12. The summed E-state index contributed by atoms with van der Waals surface area (Å²) in [4.78, 5) is 2.32. The summed E-state index contributed by atoms with van der Waals surface area (Å²) < 4.78 is 0. The first-order valence-corrected chi connectivity index (χ1v) is 6.14. The van der Waals surface area contributed by atoms with Gasteiger partial charge in [-0.25, -0.2) is 0 Å². The van der Waals surface area contributed by atoms with E-state index in [0.29, 0.717) is 22.7 Å². The maximum Gasteiger partial charge on any atom is 0.0992 e. The average molecular weight is 250 g/mol. The second-order valence-electron chi connectivity index (χ2n) is 4.67. The van der Waals surface area contributed by atoms with Gasteiger partial charge in [-0.05, 0) is 38.6 Å². The van der Waals surface area contributed by atoms with Gasteiger partial charge in [0.15, 0.2) is 0 Å². The molecule has 1 heterocycles. The zero-order chi connectivity index (χ0) is 12.4. The van der Waals surface area contributed by atoms with E-state index in [9.17, 15) is 0 Å². The van der Waals surface area contributed by atoms with Gasteiger partial charge >= 0.3 is 0 Å². The van der Waals surface area contributed by atoms with Gasteiger partial charge < -0.3 is 10.2 Å². The Hall–Kier alpha value is -1.24. The van der Waals surface area contributed by atoms with Gasteiger partial charge in [-0.3, -0.25) is 0 Å². The molecule has 1 N–H and O–H groups in total. The quantitative estimate of drug-likeness (QED) is 0.876. The van der Waals surface area contributed by atoms with Crippen LogP contribution >= 0.6 is 11.6 Å². The average Bonchev–Trinajstić information content (AvgIpc) is 2.61. The first kappa shape index (κ1) is 12.2. The minimum Gasteiger partial charge on any atom is -0.380 e. The van der Waals surface area contributed by atoms with Crippen molar-refractivity contribution in [1.82, 2.24) is 4.90 Å². The highest BCUT2D eigenvalue weighted by Gasteiger charge is 2.26. The molecule has 2 atom stereocenters. The van der Waals surface area contributed by atoms with Crippen molar-refractivity contribution in [3.63, 3.8) is 0 Å². The van der Waals surface area contributed by atoms with Crippen molar-refractivity contribution < 1.29 is 0 Å². The van der Waals surface area contributed by atoms with Crippen LogP contribution in [0.25, 0.3) is 0 Å². The third-order valence-electron chi connectivity index (χ3n) is 3.34. The summed E-state index contributed by atoms with van der Waals surface area (Å²) in [6.45, 7) is 3.23. The molecule has 1 aromatic carbocycles. The van der Waals surface area contributed by atoms with Crippen LogP contribution in [-0.2, 0) is 0 Å². The number of benzene rings is 1. The minimum atomic E-state index is 0.404. The van der Waals surface area contributed by atoms with Crippen molar-refractivity contribution in [1.29, 1.82) is 5.26 Å². The van der Waals surface area contributed by atoms with E-state index in [1.807, 2.05) is 6.07 Å². The molecular formula is C13H16ClN3. The molecule has 0 saturated carbocycles. The summed E-state index contributed by atoms with van der Waals surface area (Å²) in [5.41, 5.74) is 1.49. The Balaban J connectivity index is 2.11. The van der Waals surface area contributed by atoms with Crippen molar-refractivity contribution in [2.75, 3.05) is 18.9 Å². The molecule has 1 saturated heterocycles. The minimum absolute atomic E-state index is 0.404. The number of hydrogen-bond donors (Lipinski definition) is 1. The molecule has 0 bridgehead atoms. The van der Waals surface area contributed by atoms with Crippen LogP contribution in [0.1, 0.15) is 18.9 Å². The third-order valence-corrected chi connectivity index (χ3v) is 3.67. The molecule has 0 amide bonds. The van der Waals surface area contributed by atoms with Gasteiger partial charge in [0.2, 0.25) is 0 Å². The predicted octanol–water partition coefficient (Wildman–Crippen LogP) is 2.72. The van der Waals surface area contributed by atoms with Crippen LogP contribution in [0.15, 0.2) is 18.2 Å². The first-order chi connectivity index (χ1) is 8.10. The van der Waals surface area contributed by atoms with E-state index >= 15 is 0 Å². The molecule has 0 aromatic heterocycles. The molecule has 3 nitrogen and oxygen atoms in total. The highest BCUT2D eigenvalue weighted by atomic mass is 35.5. The first-order valence-electron chi connectivity index (χ1n) is 5.76. The maximum absolute atomic E-state index is 8.87. The summed E-state index contributed by atoms with van der Waals surface area (Å²) >= 11 is 6.12. The van der Waals surface area contributed by atoms with E-state index in [4.69, 9.17) is 16.9 Å². The van der Waals surface area contributed by atoms with Crippen molar-refractivity contribution in [3.8, 4) is 6.07 Å². The SMILES string of the molecule is CC1CC(Nc2cc(C#N)ccc2Cl)CN1C. The van der Waals surface area contributed by atoms with E-state index in [-0.39, 0.29) is 0 Å². The van der Waals surface area contributed by atoms with Crippen LogP contribution in [0.2, 0.25) is 5.02 Å². The normalized spacial score (nSPS) is 24.6. The standard InChI is InChI=1S/C13H16ClN3/c1-9-5-11(8-17(9)2)16-13-6-10(7-15)3-4-12(13)14/h3-4,6,9,11,16H,5,8H2,1-2H3. The summed E-state index contributed by atoms with van der Waals surface area (Å²) in [5.74, 6) is 0. The van der Waals surface area contributed by atoms with Crippen LogP contribution in [0.5, 0.6) is 0 Å². The lowest BCUT2D eigenvalue weighted by Crippen LogP contribution is -2.25. The van der Waals surface area contributed by atoms with Gasteiger partial charge in [-0.1, -0.05) is 11.6 Å². The zero-order valence-corrected chi connectivity index (χ0v) is 10.8. The Bertz CT molecular complexity index is 442. The summed E-state index contributed by atoms with van der Waals surface area (Å²) in [6.07, 6.45) is 1.10. The lowest BCUT2D eigenvalue weighted by Gasteiger charge is -2.15. The van der Waals surface area contributed by atoms with Gasteiger partial charge in [0.1, 0.15) is 0 Å². The second kappa shape index (κ2) is 4.95. The number of likely N-dealkylation sites (N-methyl/N-ethyl adjacent to an activating group) is 1. The molecule has 90 valence electrons. The number of anilines is 1. The van der Waals surface area contributed by atoms with Crippen LogP contribution in [0.3, 0.4) is 0 Å². The number of nitrogens with zero attached hydrogens (tertiary/aromatic N) is 2. The Morgan fingerprint density at radius 2 is 2.29 bits per heavy atom. The summed E-state index contributed by atoms with van der Waals surface area (Å²) in [6, 6.07) is 8.43. The maximum atomic E-state index is 8.87. The fourth-order valence-corrected chi connectivity index (χ4v) is 2.40. The van der Waals surface area contributed by atoms with Crippen LogP contribution in [-0.4, -0.2) is 30.6 Å². The Labute approximate surface area is 107 Å². The fraction of sp³-hybridized carbons (Fsp3) is 0.462. The molecule has 2 unspecified atom stereocenters. The molecule has 1 aliphatic heterocycles. The Morgan fingerprint density at radius 1 is 1.53 bits per heavy atom. The zero-order valence-electron chi connectivity index (χ0n) is 10.1. The van der Waals surface area contributed by atoms with Crippen molar-refractivity contribution >= 4 is 17.3 Å². The molecule has 0 radical (unpaired) electrons. The van der Waals surface area contributed by atoms with Crippen LogP contribution in [0, 0.1) is 11.3 Å². The van der Waals surface area contributed by atoms with Crippen molar-refractivity contribution in [3.05, 3.63) is 28.8 Å². The van der Waals surface area contributed by atoms with E-state index in [1.165, 1.54) is 0 Å². The number of halogens is 1. The smallest absolute Gasteiger partial charge is 0.0992 e. The molecule has 1 aromatic rings. The molecule has 0 spiro atoms.